The number of rotatable bonds is 5. The minimum atomic E-state index is -0.0347. The van der Waals surface area contributed by atoms with Crippen LogP contribution in [-0.2, 0) is 17.8 Å². The molecule has 1 amide bonds. The zero-order valence-electron chi connectivity index (χ0n) is 13.3. The summed E-state index contributed by atoms with van der Waals surface area (Å²) in [6.07, 6.45) is 2.63. The Bertz CT molecular complexity index is 669. The summed E-state index contributed by atoms with van der Waals surface area (Å²) in [4.78, 5) is 23.2. The number of likely N-dealkylation sites (tertiary alicyclic amines) is 1. The Morgan fingerprint density at radius 2 is 2.39 bits per heavy atom. The van der Waals surface area contributed by atoms with Gasteiger partial charge in [-0.1, -0.05) is 12.1 Å². The predicted molar refractivity (Wildman–Crippen MR) is 84.4 cm³/mol. The van der Waals surface area contributed by atoms with E-state index in [4.69, 9.17) is 9.26 Å². The van der Waals surface area contributed by atoms with E-state index in [1.807, 2.05) is 11.8 Å². The number of aryl methyl sites for hydroxylation is 1. The van der Waals surface area contributed by atoms with Crippen LogP contribution in [-0.4, -0.2) is 46.1 Å². The number of hydrogen-bond donors (Lipinski definition) is 0. The summed E-state index contributed by atoms with van der Waals surface area (Å²) in [5, 5.41) is 6.66. The highest BCUT2D eigenvalue weighted by atomic mass is 32.1. The van der Waals surface area contributed by atoms with Crippen LogP contribution in [0.25, 0.3) is 0 Å². The van der Waals surface area contributed by atoms with Crippen molar-refractivity contribution in [2.45, 2.75) is 38.7 Å². The summed E-state index contributed by atoms with van der Waals surface area (Å²) in [6, 6.07) is 0. The van der Waals surface area contributed by atoms with Gasteiger partial charge in [0.2, 0.25) is 5.89 Å². The van der Waals surface area contributed by atoms with E-state index in [0.717, 1.165) is 30.8 Å². The molecule has 3 rings (SSSR count). The molecule has 0 spiro atoms. The first kappa shape index (κ1) is 16.1. The van der Waals surface area contributed by atoms with Crippen molar-refractivity contribution in [1.82, 2.24) is 20.0 Å². The highest BCUT2D eigenvalue weighted by Crippen LogP contribution is 2.26. The van der Waals surface area contributed by atoms with Crippen LogP contribution in [0.5, 0.6) is 0 Å². The average Bonchev–Trinajstić information content (AvgIpc) is 3.24. The molecule has 1 aliphatic rings. The monoisotopic (exact) mass is 336 g/mol. The second-order valence-electron chi connectivity index (χ2n) is 5.55. The van der Waals surface area contributed by atoms with E-state index in [2.05, 4.69) is 15.1 Å². The van der Waals surface area contributed by atoms with Crippen LogP contribution in [0.15, 0.2) is 9.90 Å². The largest absolute Gasteiger partial charge is 0.378 e. The fourth-order valence-electron chi connectivity index (χ4n) is 2.71. The molecule has 0 aliphatic carbocycles. The van der Waals surface area contributed by atoms with Gasteiger partial charge in [0.05, 0.1) is 6.61 Å². The Morgan fingerprint density at radius 3 is 3.13 bits per heavy atom. The van der Waals surface area contributed by atoms with Crippen molar-refractivity contribution in [1.29, 1.82) is 0 Å². The fraction of sp³-hybridized carbons (Fsp3) is 0.600. The third kappa shape index (κ3) is 3.59. The minimum Gasteiger partial charge on any atom is -0.378 e. The predicted octanol–water partition coefficient (Wildman–Crippen LogP) is 2.25. The Morgan fingerprint density at radius 1 is 1.52 bits per heavy atom. The molecule has 1 atom stereocenters. The van der Waals surface area contributed by atoms with Crippen molar-refractivity contribution >= 4 is 17.2 Å². The molecule has 8 heteroatoms. The Hall–Kier alpha value is -1.80. The smallest absolute Gasteiger partial charge is 0.273 e. The van der Waals surface area contributed by atoms with Gasteiger partial charge in [0, 0.05) is 37.9 Å². The number of nitrogens with zero attached hydrogens (tertiary/aromatic N) is 4. The fourth-order valence-corrected chi connectivity index (χ4v) is 3.45. The van der Waals surface area contributed by atoms with Crippen molar-refractivity contribution < 1.29 is 14.1 Å². The molecule has 0 N–H and O–H groups in total. The molecule has 0 radical (unpaired) electrons. The first-order valence-electron chi connectivity index (χ1n) is 7.76. The van der Waals surface area contributed by atoms with Crippen molar-refractivity contribution in [2.24, 2.45) is 0 Å². The quantitative estimate of drug-likeness (QED) is 0.833. The van der Waals surface area contributed by atoms with Gasteiger partial charge >= 0.3 is 0 Å². The summed E-state index contributed by atoms with van der Waals surface area (Å²) in [5.74, 6) is 1.45. The van der Waals surface area contributed by atoms with Gasteiger partial charge in [-0.25, -0.2) is 4.98 Å². The van der Waals surface area contributed by atoms with E-state index in [-0.39, 0.29) is 11.8 Å². The molecule has 2 aromatic rings. The number of amides is 1. The molecule has 0 bridgehead atoms. The zero-order chi connectivity index (χ0) is 16.2. The van der Waals surface area contributed by atoms with Crippen LogP contribution in [0.3, 0.4) is 0 Å². The van der Waals surface area contributed by atoms with Gasteiger partial charge in [0.15, 0.2) is 5.82 Å². The number of carbonyl (C=O) groups excluding carboxylic acids is 1. The summed E-state index contributed by atoms with van der Waals surface area (Å²) >= 11 is 1.45. The molecule has 1 aliphatic heterocycles. The number of ether oxygens (including phenoxy) is 1. The third-order valence-electron chi connectivity index (χ3n) is 3.90. The van der Waals surface area contributed by atoms with Gasteiger partial charge in [-0.15, -0.1) is 11.3 Å². The lowest BCUT2D eigenvalue weighted by atomic mass is 9.97. The highest BCUT2D eigenvalue weighted by molar-refractivity contribution is 7.09. The van der Waals surface area contributed by atoms with Crippen LogP contribution in [0.1, 0.15) is 52.9 Å². The first-order chi connectivity index (χ1) is 11.2. The Balaban J connectivity index is 1.68. The van der Waals surface area contributed by atoms with Gasteiger partial charge in [-0.2, -0.15) is 4.98 Å². The maximum atomic E-state index is 12.6. The second kappa shape index (κ2) is 7.18. The molecular formula is C15H20N4O3S. The molecule has 7 nitrogen and oxygen atoms in total. The van der Waals surface area contributed by atoms with Crippen molar-refractivity contribution in [3.63, 3.8) is 0 Å². The SMILES string of the molecule is CCc1nc([C@@H]2CCCN(C(=O)c3csc(COC)n3)C2)no1. The Labute approximate surface area is 138 Å². The van der Waals surface area contributed by atoms with E-state index in [0.29, 0.717) is 30.6 Å². The van der Waals surface area contributed by atoms with Crippen molar-refractivity contribution in [2.75, 3.05) is 20.2 Å². The number of hydrogen-bond acceptors (Lipinski definition) is 7. The molecule has 2 aromatic heterocycles. The second-order valence-corrected chi connectivity index (χ2v) is 6.49. The van der Waals surface area contributed by atoms with Gasteiger partial charge in [0.25, 0.3) is 5.91 Å². The lowest BCUT2D eigenvalue weighted by Gasteiger charge is -2.30. The van der Waals surface area contributed by atoms with E-state index in [9.17, 15) is 4.79 Å². The van der Waals surface area contributed by atoms with E-state index in [1.54, 1.807) is 12.5 Å². The van der Waals surface area contributed by atoms with E-state index < -0.39 is 0 Å². The molecule has 1 fully saturated rings. The molecular weight excluding hydrogens is 316 g/mol. The first-order valence-corrected chi connectivity index (χ1v) is 8.64. The highest BCUT2D eigenvalue weighted by Gasteiger charge is 2.29. The number of methoxy groups -OCH3 is 1. The normalized spacial score (nSPS) is 18.3. The van der Waals surface area contributed by atoms with Gasteiger partial charge in [-0.05, 0) is 12.8 Å². The maximum absolute atomic E-state index is 12.6. The lowest BCUT2D eigenvalue weighted by molar-refractivity contribution is 0.0698. The molecule has 124 valence electrons. The number of thiazole rings is 1. The molecule has 3 heterocycles. The van der Waals surface area contributed by atoms with Crippen LogP contribution < -0.4 is 0 Å². The summed E-state index contributed by atoms with van der Waals surface area (Å²) in [7, 11) is 1.62. The Kier molecular flexibility index (Phi) is 5.02. The zero-order valence-corrected chi connectivity index (χ0v) is 14.1. The minimum absolute atomic E-state index is 0.0347. The average molecular weight is 336 g/mol. The van der Waals surface area contributed by atoms with Gasteiger partial charge in [0.1, 0.15) is 10.7 Å². The number of piperidine rings is 1. The van der Waals surface area contributed by atoms with Crippen molar-refractivity contribution in [3.8, 4) is 0 Å². The molecule has 0 aromatic carbocycles. The van der Waals surface area contributed by atoms with Crippen LogP contribution in [0.2, 0.25) is 0 Å². The standard InChI is InChI=1S/C15H20N4O3S/c1-3-12-17-14(18-22-12)10-5-4-6-19(7-10)15(20)11-9-23-13(16-11)8-21-2/h9-10H,3-8H2,1-2H3/t10-/m1/s1. The lowest BCUT2D eigenvalue weighted by Crippen LogP contribution is -2.39. The number of aromatic nitrogens is 3. The van der Waals surface area contributed by atoms with Crippen molar-refractivity contribution in [3.05, 3.63) is 27.8 Å². The van der Waals surface area contributed by atoms with Gasteiger partial charge in [-0.3, -0.25) is 4.79 Å². The summed E-state index contributed by atoms with van der Waals surface area (Å²) in [6.45, 7) is 3.76. The van der Waals surface area contributed by atoms with E-state index in [1.165, 1.54) is 11.3 Å². The molecule has 0 saturated carbocycles. The molecule has 1 saturated heterocycles. The third-order valence-corrected chi connectivity index (χ3v) is 4.72. The van der Waals surface area contributed by atoms with E-state index >= 15 is 0 Å². The summed E-state index contributed by atoms with van der Waals surface area (Å²) in [5.41, 5.74) is 0.491. The number of carbonyl (C=O) groups is 1. The molecule has 23 heavy (non-hydrogen) atoms. The maximum Gasteiger partial charge on any atom is 0.273 e. The van der Waals surface area contributed by atoms with Crippen LogP contribution in [0, 0.1) is 0 Å². The van der Waals surface area contributed by atoms with Gasteiger partial charge < -0.3 is 14.2 Å². The summed E-state index contributed by atoms with van der Waals surface area (Å²) < 4.78 is 10.2. The van der Waals surface area contributed by atoms with Crippen LogP contribution >= 0.6 is 11.3 Å². The van der Waals surface area contributed by atoms with Crippen LogP contribution in [0.4, 0.5) is 0 Å². The molecule has 0 unspecified atom stereocenters. The topological polar surface area (TPSA) is 81.4 Å².